The van der Waals surface area contributed by atoms with Crippen LogP contribution in [0.5, 0.6) is 17.2 Å². The maximum Gasteiger partial charge on any atom is 0.351 e. The second-order valence-corrected chi connectivity index (χ2v) is 6.34. The largest absolute Gasteiger partial charge is 0.490 e. The smallest absolute Gasteiger partial charge is 0.351 e. The Kier molecular flexibility index (Phi) is 7.85. The van der Waals surface area contributed by atoms with E-state index in [1.54, 1.807) is 47.9 Å². The zero-order chi connectivity index (χ0) is 21.4. The molecular weight excluding hydrogens is 376 g/mol. The highest BCUT2D eigenvalue weighted by Gasteiger charge is 2.25. The minimum absolute atomic E-state index is 0.0293. The molecule has 0 aliphatic carbocycles. The van der Waals surface area contributed by atoms with Crippen LogP contribution in [0, 0.1) is 5.41 Å². The zero-order valence-electron chi connectivity index (χ0n) is 16.9. The molecule has 2 aromatic carbocycles. The van der Waals surface area contributed by atoms with Gasteiger partial charge in [-0.3, -0.25) is 16.1 Å². The van der Waals surface area contributed by atoms with E-state index in [2.05, 4.69) is 0 Å². The van der Waals surface area contributed by atoms with Crippen LogP contribution < -0.4 is 19.7 Å². The lowest BCUT2D eigenvalue weighted by Crippen LogP contribution is -2.21. The SMILES string of the molecule is CCOc1cc(C(Oc2ccc(C(=N)NO)cc2)C(=O)OC)ccc1OC(C)C. The number of methoxy groups -OCH3 is 1. The van der Waals surface area contributed by atoms with Crippen LogP contribution >= 0.6 is 0 Å². The summed E-state index contributed by atoms with van der Waals surface area (Å²) in [6.07, 6.45) is -1.05. The van der Waals surface area contributed by atoms with Crippen LogP contribution in [0.25, 0.3) is 0 Å². The van der Waals surface area contributed by atoms with Crippen LogP contribution in [0.3, 0.4) is 0 Å². The highest BCUT2D eigenvalue weighted by molar-refractivity contribution is 5.95. The van der Waals surface area contributed by atoms with Gasteiger partial charge in [0, 0.05) is 11.1 Å². The minimum Gasteiger partial charge on any atom is -0.490 e. The lowest BCUT2D eigenvalue weighted by atomic mass is 10.1. The number of hydrogen-bond donors (Lipinski definition) is 3. The topological polar surface area (TPSA) is 110 Å². The summed E-state index contributed by atoms with van der Waals surface area (Å²) in [7, 11) is 1.29. The summed E-state index contributed by atoms with van der Waals surface area (Å²) >= 11 is 0. The number of nitrogens with one attached hydrogen (secondary N) is 2. The predicted molar refractivity (Wildman–Crippen MR) is 107 cm³/mol. The van der Waals surface area contributed by atoms with Crippen molar-refractivity contribution >= 4 is 11.8 Å². The number of ether oxygens (including phenoxy) is 4. The average Bonchev–Trinajstić information content (AvgIpc) is 2.72. The normalized spacial score (nSPS) is 11.5. The molecular formula is C21H26N2O6. The summed E-state index contributed by atoms with van der Waals surface area (Å²) < 4.78 is 22.2. The van der Waals surface area contributed by atoms with Crippen molar-refractivity contribution in [2.24, 2.45) is 0 Å². The number of carbonyl (C=O) groups excluding carboxylic acids is 1. The molecule has 2 aromatic rings. The fourth-order valence-electron chi connectivity index (χ4n) is 2.57. The van der Waals surface area contributed by atoms with Crippen molar-refractivity contribution < 1.29 is 28.9 Å². The van der Waals surface area contributed by atoms with Crippen LogP contribution in [-0.4, -0.2) is 36.8 Å². The molecule has 1 unspecified atom stereocenters. The Bertz CT molecular complexity index is 836. The van der Waals surface area contributed by atoms with Crippen molar-refractivity contribution in [3.63, 3.8) is 0 Å². The van der Waals surface area contributed by atoms with Crippen molar-refractivity contribution in [3.05, 3.63) is 53.6 Å². The quantitative estimate of drug-likeness (QED) is 0.255. The van der Waals surface area contributed by atoms with Gasteiger partial charge in [-0.2, -0.15) is 0 Å². The lowest BCUT2D eigenvalue weighted by Gasteiger charge is -2.20. The number of benzene rings is 2. The van der Waals surface area contributed by atoms with Gasteiger partial charge in [-0.1, -0.05) is 6.07 Å². The lowest BCUT2D eigenvalue weighted by molar-refractivity contribution is -0.149. The van der Waals surface area contributed by atoms with E-state index in [0.29, 0.717) is 35.0 Å². The minimum atomic E-state index is -1.02. The van der Waals surface area contributed by atoms with E-state index in [4.69, 9.17) is 29.6 Å². The number of hydrogen-bond acceptors (Lipinski definition) is 7. The molecule has 0 aliphatic rings. The molecule has 0 heterocycles. The van der Waals surface area contributed by atoms with E-state index in [-0.39, 0.29) is 11.9 Å². The summed E-state index contributed by atoms with van der Waals surface area (Å²) in [5, 5.41) is 16.4. The fraction of sp³-hybridized carbons (Fsp3) is 0.333. The number of rotatable bonds is 9. The molecule has 8 heteroatoms. The van der Waals surface area contributed by atoms with Gasteiger partial charge >= 0.3 is 5.97 Å². The van der Waals surface area contributed by atoms with Gasteiger partial charge in [-0.15, -0.1) is 0 Å². The number of hydroxylamine groups is 1. The summed E-state index contributed by atoms with van der Waals surface area (Å²) in [6.45, 7) is 6.13. The molecule has 0 saturated heterocycles. The van der Waals surface area contributed by atoms with Crippen LogP contribution in [-0.2, 0) is 9.53 Å². The molecule has 0 spiro atoms. The summed E-state index contributed by atoms with van der Waals surface area (Å²) in [5.74, 6) is 0.764. The van der Waals surface area contributed by atoms with Crippen molar-refractivity contribution in [2.75, 3.05) is 13.7 Å². The standard InChI is InChI=1S/C21H26N2O6/c1-5-27-18-12-15(8-11-17(18)28-13(2)3)19(21(24)26-4)29-16-9-6-14(7-10-16)20(22)23-25/h6-13,19,25H,5H2,1-4H3,(H2,22,23). The first-order valence-electron chi connectivity index (χ1n) is 9.16. The van der Waals surface area contributed by atoms with Crippen LogP contribution in [0.2, 0.25) is 0 Å². The molecule has 0 saturated carbocycles. The Hall–Kier alpha value is -3.26. The number of carbonyl (C=O) groups is 1. The fourth-order valence-corrected chi connectivity index (χ4v) is 2.57. The maximum atomic E-state index is 12.4. The van der Waals surface area contributed by atoms with Gasteiger partial charge in [0.2, 0.25) is 6.10 Å². The van der Waals surface area contributed by atoms with E-state index in [9.17, 15) is 4.79 Å². The average molecular weight is 402 g/mol. The van der Waals surface area contributed by atoms with Crippen molar-refractivity contribution in [1.82, 2.24) is 5.48 Å². The van der Waals surface area contributed by atoms with E-state index in [1.807, 2.05) is 20.8 Å². The van der Waals surface area contributed by atoms with Crippen molar-refractivity contribution in [1.29, 1.82) is 5.41 Å². The van der Waals surface area contributed by atoms with Crippen LogP contribution in [0.1, 0.15) is 38.0 Å². The predicted octanol–water partition coefficient (Wildman–Crippen LogP) is 3.47. The third-order valence-electron chi connectivity index (χ3n) is 3.86. The highest BCUT2D eigenvalue weighted by Crippen LogP contribution is 2.33. The van der Waals surface area contributed by atoms with Crippen LogP contribution in [0.15, 0.2) is 42.5 Å². The highest BCUT2D eigenvalue weighted by atomic mass is 16.6. The van der Waals surface area contributed by atoms with Gasteiger partial charge < -0.3 is 18.9 Å². The van der Waals surface area contributed by atoms with Gasteiger partial charge in [0.05, 0.1) is 19.8 Å². The number of esters is 1. The van der Waals surface area contributed by atoms with Crippen molar-refractivity contribution in [2.45, 2.75) is 33.0 Å². The van der Waals surface area contributed by atoms with Gasteiger partial charge in [0.1, 0.15) is 11.6 Å². The molecule has 0 aliphatic heterocycles. The van der Waals surface area contributed by atoms with E-state index in [0.717, 1.165) is 0 Å². The Morgan fingerprint density at radius 3 is 2.34 bits per heavy atom. The number of amidine groups is 1. The molecule has 0 aromatic heterocycles. The summed E-state index contributed by atoms with van der Waals surface area (Å²) in [5.41, 5.74) is 2.78. The Labute approximate surface area is 169 Å². The monoisotopic (exact) mass is 402 g/mol. The van der Waals surface area contributed by atoms with E-state index in [1.165, 1.54) is 7.11 Å². The molecule has 0 amide bonds. The second kappa shape index (κ2) is 10.3. The molecule has 8 nitrogen and oxygen atoms in total. The molecule has 3 N–H and O–H groups in total. The summed E-state index contributed by atoms with van der Waals surface area (Å²) in [4.78, 5) is 12.4. The second-order valence-electron chi connectivity index (χ2n) is 6.34. The Morgan fingerprint density at radius 1 is 1.10 bits per heavy atom. The molecule has 156 valence electrons. The third-order valence-corrected chi connectivity index (χ3v) is 3.86. The van der Waals surface area contributed by atoms with Gasteiger partial charge in [0.25, 0.3) is 0 Å². The Morgan fingerprint density at radius 2 is 1.79 bits per heavy atom. The van der Waals surface area contributed by atoms with Gasteiger partial charge in [0.15, 0.2) is 11.5 Å². The molecule has 0 radical (unpaired) electrons. The first kappa shape index (κ1) is 22.0. The molecule has 29 heavy (non-hydrogen) atoms. The van der Waals surface area contributed by atoms with E-state index < -0.39 is 12.1 Å². The molecule has 0 bridgehead atoms. The molecule has 0 fully saturated rings. The summed E-state index contributed by atoms with van der Waals surface area (Å²) in [6, 6.07) is 11.5. The van der Waals surface area contributed by atoms with Gasteiger partial charge in [-0.25, -0.2) is 4.79 Å². The first-order valence-corrected chi connectivity index (χ1v) is 9.16. The zero-order valence-corrected chi connectivity index (χ0v) is 16.9. The first-order chi connectivity index (χ1) is 13.9. The molecule has 2 rings (SSSR count). The molecule has 1 atom stereocenters. The third kappa shape index (κ3) is 5.86. The van der Waals surface area contributed by atoms with Crippen LogP contribution in [0.4, 0.5) is 0 Å². The van der Waals surface area contributed by atoms with E-state index >= 15 is 0 Å². The Balaban J connectivity index is 2.33. The van der Waals surface area contributed by atoms with Crippen molar-refractivity contribution in [3.8, 4) is 17.2 Å². The van der Waals surface area contributed by atoms with Gasteiger partial charge in [-0.05, 0) is 57.2 Å². The maximum absolute atomic E-state index is 12.4.